The minimum absolute atomic E-state index is 0. The molecule has 2 rings (SSSR count). The Hall–Kier alpha value is -1.58. The number of hydrogen-bond acceptors (Lipinski definition) is 3. The second kappa shape index (κ2) is 12.0. The number of primary amides is 1. The summed E-state index contributed by atoms with van der Waals surface area (Å²) in [5.74, 6) is 0.673. The summed E-state index contributed by atoms with van der Waals surface area (Å²) >= 11 is 0. The first-order chi connectivity index (χ1) is 12.5. The van der Waals surface area contributed by atoms with E-state index in [0.717, 1.165) is 38.3 Å². The summed E-state index contributed by atoms with van der Waals surface area (Å²) in [5.41, 5.74) is 5.33. The zero-order valence-corrected chi connectivity index (χ0v) is 18.3. The Morgan fingerprint density at radius 3 is 2.85 bits per heavy atom. The van der Waals surface area contributed by atoms with Gasteiger partial charge in [0.15, 0.2) is 17.5 Å². The van der Waals surface area contributed by atoms with E-state index in [2.05, 4.69) is 15.2 Å². The lowest BCUT2D eigenvalue weighted by Crippen LogP contribution is -2.49. The van der Waals surface area contributed by atoms with Crippen LogP contribution in [-0.4, -0.2) is 49.6 Å². The van der Waals surface area contributed by atoms with Gasteiger partial charge in [0.25, 0.3) is 0 Å². The predicted molar refractivity (Wildman–Crippen MR) is 116 cm³/mol. The van der Waals surface area contributed by atoms with Crippen LogP contribution in [-0.2, 0) is 4.79 Å². The van der Waals surface area contributed by atoms with Gasteiger partial charge in [0.1, 0.15) is 6.10 Å². The smallest absolute Gasteiger partial charge is 0.217 e. The van der Waals surface area contributed by atoms with Crippen LogP contribution in [0.5, 0.6) is 5.75 Å². The monoisotopic (exact) mass is 492 g/mol. The number of carbonyl (C=O) groups is 1. The molecule has 1 amide bonds. The van der Waals surface area contributed by atoms with Crippen molar-refractivity contribution in [2.75, 3.05) is 26.7 Å². The Morgan fingerprint density at radius 2 is 2.22 bits per heavy atom. The molecule has 1 aliphatic rings. The topological polar surface area (TPSA) is 80.0 Å². The van der Waals surface area contributed by atoms with E-state index in [9.17, 15) is 9.18 Å². The van der Waals surface area contributed by atoms with E-state index in [-0.39, 0.29) is 53.5 Å². The van der Waals surface area contributed by atoms with E-state index in [1.165, 1.54) is 6.07 Å². The lowest BCUT2D eigenvalue weighted by molar-refractivity contribution is -0.119. The van der Waals surface area contributed by atoms with Crippen molar-refractivity contribution in [3.8, 4) is 5.75 Å². The SMILES string of the molecule is CCC(CNC(=NC)N1CCCC(CC(N)=O)C1)Oc1ccccc1F.I. The molecule has 0 saturated carbocycles. The van der Waals surface area contributed by atoms with Crippen molar-refractivity contribution < 1.29 is 13.9 Å². The highest BCUT2D eigenvalue weighted by atomic mass is 127. The summed E-state index contributed by atoms with van der Waals surface area (Å²) in [6.07, 6.45) is 2.98. The zero-order valence-electron chi connectivity index (χ0n) is 16.0. The summed E-state index contributed by atoms with van der Waals surface area (Å²) < 4.78 is 19.6. The molecule has 3 N–H and O–H groups in total. The van der Waals surface area contributed by atoms with E-state index in [1.807, 2.05) is 6.92 Å². The van der Waals surface area contributed by atoms with Gasteiger partial charge in [-0.05, 0) is 37.3 Å². The summed E-state index contributed by atoms with van der Waals surface area (Å²) in [7, 11) is 1.73. The number of aliphatic imine (C=N–C) groups is 1. The average molecular weight is 492 g/mol. The van der Waals surface area contributed by atoms with Crippen LogP contribution in [0.25, 0.3) is 0 Å². The number of carbonyl (C=O) groups excluding carboxylic acids is 1. The van der Waals surface area contributed by atoms with Crippen LogP contribution in [0.2, 0.25) is 0 Å². The van der Waals surface area contributed by atoms with Crippen LogP contribution in [0.15, 0.2) is 29.3 Å². The number of ether oxygens (including phenoxy) is 1. The third kappa shape index (κ3) is 7.51. The molecule has 1 aliphatic heterocycles. The molecule has 0 aliphatic carbocycles. The molecule has 0 radical (unpaired) electrons. The number of nitrogens with two attached hydrogens (primary N) is 1. The maximum atomic E-state index is 13.8. The molecule has 0 aromatic heterocycles. The van der Waals surface area contributed by atoms with Crippen LogP contribution in [0.4, 0.5) is 4.39 Å². The number of benzene rings is 1. The van der Waals surface area contributed by atoms with E-state index >= 15 is 0 Å². The van der Waals surface area contributed by atoms with Crippen LogP contribution in [0.3, 0.4) is 0 Å². The first-order valence-corrected chi connectivity index (χ1v) is 9.18. The number of nitrogens with one attached hydrogen (secondary N) is 1. The lowest BCUT2D eigenvalue weighted by atomic mass is 9.95. The molecule has 6 nitrogen and oxygen atoms in total. The number of piperidine rings is 1. The van der Waals surface area contributed by atoms with Crippen molar-refractivity contribution in [2.45, 2.75) is 38.7 Å². The van der Waals surface area contributed by atoms with Crippen LogP contribution in [0, 0.1) is 11.7 Å². The van der Waals surface area contributed by atoms with E-state index in [1.54, 1.807) is 25.2 Å². The number of nitrogens with zero attached hydrogens (tertiary/aromatic N) is 2. The van der Waals surface area contributed by atoms with Gasteiger partial charge in [-0.2, -0.15) is 0 Å². The number of para-hydroxylation sites is 1. The molecule has 1 fully saturated rings. The van der Waals surface area contributed by atoms with Gasteiger partial charge in [0.2, 0.25) is 5.91 Å². The Labute approximate surface area is 177 Å². The largest absolute Gasteiger partial charge is 0.486 e. The molecule has 1 aromatic carbocycles. The molecule has 152 valence electrons. The Morgan fingerprint density at radius 1 is 1.48 bits per heavy atom. The molecular formula is C19H30FIN4O2. The van der Waals surface area contributed by atoms with Crippen molar-refractivity contribution >= 4 is 35.8 Å². The van der Waals surface area contributed by atoms with Gasteiger partial charge >= 0.3 is 0 Å². The highest BCUT2D eigenvalue weighted by Gasteiger charge is 2.24. The van der Waals surface area contributed by atoms with E-state index in [0.29, 0.717) is 13.0 Å². The van der Waals surface area contributed by atoms with Gasteiger partial charge < -0.3 is 20.7 Å². The van der Waals surface area contributed by atoms with Gasteiger partial charge in [0, 0.05) is 26.6 Å². The van der Waals surface area contributed by atoms with Crippen LogP contribution >= 0.6 is 24.0 Å². The van der Waals surface area contributed by atoms with Gasteiger partial charge in [-0.1, -0.05) is 19.1 Å². The highest BCUT2D eigenvalue weighted by molar-refractivity contribution is 14.0. The summed E-state index contributed by atoms with van der Waals surface area (Å²) in [6, 6.07) is 6.42. The van der Waals surface area contributed by atoms with Crippen molar-refractivity contribution in [3.05, 3.63) is 30.1 Å². The zero-order chi connectivity index (χ0) is 18.9. The number of guanidine groups is 1. The van der Waals surface area contributed by atoms with Crippen molar-refractivity contribution in [3.63, 3.8) is 0 Å². The Kier molecular flexibility index (Phi) is 10.4. The number of hydrogen-bond donors (Lipinski definition) is 2. The van der Waals surface area contributed by atoms with E-state index < -0.39 is 0 Å². The number of halogens is 2. The Bertz CT molecular complexity index is 629. The maximum absolute atomic E-state index is 13.8. The fourth-order valence-electron chi connectivity index (χ4n) is 3.24. The molecule has 0 bridgehead atoms. The normalized spacial score (nSPS) is 18.4. The van der Waals surface area contributed by atoms with Crippen molar-refractivity contribution in [2.24, 2.45) is 16.6 Å². The molecule has 0 spiro atoms. The fraction of sp³-hybridized carbons (Fsp3) is 0.579. The summed E-state index contributed by atoms with van der Waals surface area (Å²) in [5, 5.41) is 3.32. The van der Waals surface area contributed by atoms with Crippen LogP contribution < -0.4 is 15.8 Å². The van der Waals surface area contributed by atoms with Gasteiger partial charge in [-0.25, -0.2) is 4.39 Å². The minimum Gasteiger partial charge on any atom is -0.486 e. The first kappa shape index (κ1) is 23.5. The highest BCUT2D eigenvalue weighted by Crippen LogP contribution is 2.20. The molecule has 2 unspecified atom stereocenters. The van der Waals surface area contributed by atoms with Gasteiger partial charge in [0.05, 0.1) is 6.54 Å². The molecule has 27 heavy (non-hydrogen) atoms. The molecule has 2 atom stereocenters. The molecule has 1 aromatic rings. The third-order valence-corrected chi connectivity index (χ3v) is 4.59. The summed E-state index contributed by atoms with van der Waals surface area (Å²) in [6.45, 7) is 4.17. The summed E-state index contributed by atoms with van der Waals surface area (Å²) in [4.78, 5) is 17.7. The van der Waals surface area contributed by atoms with Crippen molar-refractivity contribution in [1.29, 1.82) is 0 Å². The quantitative estimate of drug-likeness (QED) is 0.349. The molecule has 8 heteroatoms. The van der Waals surface area contributed by atoms with Crippen molar-refractivity contribution in [1.82, 2.24) is 10.2 Å². The standard InChI is InChI=1S/C19H29FN4O2.HI/c1-3-15(26-17-9-5-4-8-16(17)20)12-23-19(22-2)24-10-6-7-14(13-24)11-18(21)25;/h4-5,8-9,14-15H,3,6-7,10-13H2,1-2H3,(H2,21,25)(H,22,23);1H. The third-order valence-electron chi connectivity index (χ3n) is 4.59. The number of rotatable bonds is 7. The van der Waals surface area contributed by atoms with Gasteiger partial charge in [-0.3, -0.25) is 9.79 Å². The molecular weight excluding hydrogens is 462 g/mol. The van der Waals surface area contributed by atoms with Gasteiger partial charge in [-0.15, -0.1) is 24.0 Å². The molecule has 1 heterocycles. The second-order valence-electron chi connectivity index (χ2n) is 6.63. The lowest BCUT2D eigenvalue weighted by Gasteiger charge is -2.35. The maximum Gasteiger partial charge on any atom is 0.217 e. The fourth-order valence-corrected chi connectivity index (χ4v) is 3.24. The second-order valence-corrected chi connectivity index (χ2v) is 6.63. The Balaban J connectivity index is 0.00000364. The number of amides is 1. The molecule has 1 saturated heterocycles. The number of likely N-dealkylation sites (tertiary alicyclic amines) is 1. The minimum atomic E-state index is -0.361. The van der Waals surface area contributed by atoms with E-state index in [4.69, 9.17) is 10.5 Å². The van der Waals surface area contributed by atoms with Crippen LogP contribution in [0.1, 0.15) is 32.6 Å². The first-order valence-electron chi connectivity index (χ1n) is 9.18. The average Bonchev–Trinajstić information content (AvgIpc) is 2.62. The predicted octanol–water partition coefficient (Wildman–Crippen LogP) is 2.76.